The second-order valence-corrected chi connectivity index (χ2v) is 13.5. The van der Waals surface area contributed by atoms with Crippen LogP contribution >= 0.6 is 0 Å². The van der Waals surface area contributed by atoms with Crippen LogP contribution < -0.4 is 15.5 Å². The molecule has 0 unspecified atom stereocenters. The van der Waals surface area contributed by atoms with Crippen LogP contribution in [-0.4, -0.2) is 83.3 Å². The molecular weight excluding hydrogens is 553 g/mol. The number of rotatable bonds is 7. The summed E-state index contributed by atoms with van der Waals surface area (Å²) < 4.78 is 26.2. The molecule has 1 aliphatic carbocycles. The zero-order chi connectivity index (χ0) is 30.5. The largest absolute Gasteiger partial charge is 0.497 e. The summed E-state index contributed by atoms with van der Waals surface area (Å²) in [7, 11) is 1.25. The van der Waals surface area contributed by atoms with Gasteiger partial charge in [0.25, 0.3) is 0 Å². The lowest BCUT2D eigenvalue weighted by Crippen LogP contribution is -2.46. The molecule has 7 rings (SSSR count). The van der Waals surface area contributed by atoms with Crippen LogP contribution in [0, 0.1) is 0 Å². The smallest absolute Gasteiger partial charge is 0.494 e. The summed E-state index contributed by atoms with van der Waals surface area (Å²) in [6.07, 6.45) is 6.32. The molecule has 44 heavy (non-hydrogen) atoms. The van der Waals surface area contributed by atoms with Crippen molar-refractivity contribution in [1.82, 2.24) is 19.4 Å². The monoisotopic (exact) mass is 597 g/mol. The normalized spacial score (nSPS) is 23.8. The fourth-order valence-corrected chi connectivity index (χ4v) is 6.96. The third-order valence-electron chi connectivity index (χ3n) is 10.3. The molecule has 2 aromatic carbocycles. The second-order valence-electron chi connectivity index (χ2n) is 13.5. The van der Waals surface area contributed by atoms with Gasteiger partial charge in [-0.15, -0.1) is 0 Å². The Bertz CT molecular complexity index is 1610. The van der Waals surface area contributed by atoms with Gasteiger partial charge in [0, 0.05) is 37.1 Å². The summed E-state index contributed by atoms with van der Waals surface area (Å²) in [4.78, 5) is 12.3. The molecule has 10 heteroatoms. The Labute approximate surface area is 260 Å². The van der Waals surface area contributed by atoms with Crippen molar-refractivity contribution < 1.29 is 18.8 Å². The van der Waals surface area contributed by atoms with Gasteiger partial charge in [0.15, 0.2) is 0 Å². The molecule has 0 bridgehead atoms. The van der Waals surface area contributed by atoms with E-state index in [-0.39, 0.29) is 0 Å². The number of methoxy groups -OCH3 is 1. The van der Waals surface area contributed by atoms with E-state index in [1.54, 1.807) is 13.4 Å². The number of hydrogen-bond acceptors (Lipinski definition) is 8. The lowest BCUT2D eigenvalue weighted by Gasteiger charge is -2.39. The molecule has 9 nitrogen and oxygen atoms in total. The second kappa shape index (κ2) is 11.6. The van der Waals surface area contributed by atoms with E-state index in [1.807, 2.05) is 12.1 Å². The van der Waals surface area contributed by atoms with Crippen molar-refractivity contribution >= 4 is 40.3 Å². The number of anilines is 1. The van der Waals surface area contributed by atoms with E-state index in [1.165, 1.54) is 18.4 Å². The van der Waals surface area contributed by atoms with E-state index in [2.05, 4.69) is 72.8 Å². The molecule has 2 aromatic heterocycles. The molecule has 3 aliphatic rings. The van der Waals surface area contributed by atoms with Gasteiger partial charge >= 0.3 is 7.12 Å². The average Bonchev–Trinajstić information content (AvgIpc) is 3.47. The lowest BCUT2D eigenvalue weighted by atomic mass is 9.78. The van der Waals surface area contributed by atoms with Crippen molar-refractivity contribution in [3.8, 4) is 5.75 Å². The van der Waals surface area contributed by atoms with Crippen molar-refractivity contribution in [2.24, 2.45) is 0 Å². The Morgan fingerprint density at radius 1 is 0.932 bits per heavy atom. The first-order valence-electron chi connectivity index (χ1n) is 16.1. The standard InChI is InChI=1S/C34H44BN5O4/c1-33(2)34(3,4)44-35(43-33)24-8-15-29-28(20-24)30-31(38-25-9-11-26(12-10-25)39-16-18-42-19-17-39)36-22-37-32(30)40(29)21-23-6-13-27(41-5)14-7-23/h6-8,13-15,20,22,25-26H,9-12,16-19,21H2,1-5H3,(H,36,37,38). The van der Waals surface area contributed by atoms with Crippen LogP contribution in [0.4, 0.5) is 5.82 Å². The first-order valence-corrected chi connectivity index (χ1v) is 16.1. The Balaban J connectivity index is 1.24. The van der Waals surface area contributed by atoms with E-state index in [0.717, 1.165) is 78.1 Å². The highest BCUT2D eigenvalue weighted by Gasteiger charge is 2.51. The Morgan fingerprint density at radius 2 is 1.64 bits per heavy atom. The third-order valence-corrected chi connectivity index (χ3v) is 10.3. The summed E-state index contributed by atoms with van der Waals surface area (Å²) in [5, 5.41) is 6.01. The summed E-state index contributed by atoms with van der Waals surface area (Å²) in [6.45, 7) is 12.9. The van der Waals surface area contributed by atoms with E-state index >= 15 is 0 Å². The summed E-state index contributed by atoms with van der Waals surface area (Å²) in [6, 6.07) is 15.8. The molecule has 0 spiro atoms. The van der Waals surface area contributed by atoms with Gasteiger partial charge in [-0.05, 0) is 82.6 Å². The van der Waals surface area contributed by atoms with E-state index in [4.69, 9.17) is 28.8 Å². The predicted molar refractivity (Wildman–Crippen MR) is 175 cm³/mol. The van der Waals surface area contributed by atoms with Crippen LogP contribution in [0.3, 0.4) is 0 Å². The molecular formula is C34H44BN5O4. The molecule has 4 heterocycles. The third kappa shape index (κ3) is 5.46. The van der Waals surface area contributed by atoms with Crippen LogP contribution in [-0.2, 0) is 20.6 Å². The fraction of sp³-hybridized carbons (Fsp3) is 0.529. The average molecular weight is 598 g/mol. The van der Waals surface area contributed by atoms with E-state index in [0.29, 0.717) is 18.6 Å². The van der Waals surface area contributed by atoms with E-state index in [9.17, 15) is 0 Å². The van der Waals surface area contributed by atoms with Crippen molar-refractivity contribution in [3.05, 3.63) is 54.4 Å². The summed E-state index contributed by atoms with van der Waals surface area (Å²) in [5.74, 6) is 1.74. The minimum absolute atomic E-state index is 0.372. The zero-order valence-electron chi connectivity index (χ0n) is 26.6. The van der Waals surface area contributed by atoms with Gasteiger partial charge in [0.1, 0.15) is 23.5 Å². The van der Waals surface area contributed by atoms with Crippen molar-refractivity contribution in [3.63, 3.8) is 0 Å². The molecule has 1 N–H and O–H groups in total. The number of nitrogens with one attached hydrogen (secondary N) is 1. The van der Waals surface area contributed by atoms with Crippen molar-refractivity contribution in [2.45, 2.75) is 83.2 Å². The van der Waals surface area contributed by atoms with Gasteiger partial charge in [-0.2, -0.15) is 0 Å². The van der Waals surface area contributed by atoms with Gasteiger partial charge in [-0.1, -0.05) is 24.3 Å². The highest BCUT2D eigenvalue weighted by Crippen LogP contribution is 2.38. The number of aromatic nitrogens is 3. The summed E-state index contributed by atoms with van der Waals surface area (Å²) in [5.41, 5.74) is 3.38. The molecule has 0 atom stereocenters. The molecule has 3 fully saturated rings. The minimum atomic E-state index is -0.444. The number of nitrogens with zero attached hydrogens (tertiary/aromatic N) is 4. The highest BCUT2D eigenvalue weighted by molar-refractivity contribution is 6.62. The number of fused-ring (bicyclic) bond motifs is 3. The van der Waals surface area contributed by atoms with Gasteiger partial charge < -0.3 is 28.7 Å². The number of ether oxygens (including phenoxy) is 2. The predicted octanol–water partition coefficient (Wildman–Crippen LogP) is 5.00. The maximum absolute atomic E-state index is 6.45. The minimum Gasteiger partial charge on any atom is -0.497 e. The van der Waals surface area contributed by atoms with Crippen LogP contribution in [0.5, 0.6) is 5.75 Å². The maximum atomic E-state index is 6.45. The lowest BCUT2D eigenvalue weighted by molar-refractivity contribution is 0.00578. The number of hydrogen-bond donors (Lipinski definition) is 1. The quantitative estimate of drug-likeness (QED) is 0.299. The Hall–Kier alpha value is -3.18. The molecule has 0 radical (unpaired) electrons. The highest BCUT2D eigenvalue weighted by atomic mass is 16.7. The van der Waals surface area contributed by atoms with Gasteiger partial charge in [0.05, 0.1) is 42.4 Å². The first-order chi connectivity index (χ1) is 21.2. The Kier molecular flexibility index (Phi) is 7.81. The maximum Gasteiger partial charge on any atom is 0.494 e. The van der Waals surface area contributed by atoms with Crippen LogP contribution in [0.25, 0.3) is 21.9 Å². The van der Waals surface area contributed by atoms with Crippen LogP contribution in [0.15, 0.2) is 48.8 Å². The zero-order valence-corrected chi connectivity index (χ0v) is 26.6. The van der Waals surface area contributed by atoms with Crippen molar-refractivity contribution in [2.75, 3.05) is 38.7 Å². The molecule has 0 amide bonds. The van der Waals surface area contributed by atoms with Gasteiger partial charge in [-0.3, -0.25) is 4.90 Å². The molecule has 2 aliphatic heterocycles. The molecule has 2 saturated heterocycles. The molecule has 4 aromatic rings. The molecule has 1 saturated carbocycles. The molecule has 232 valence electrons. The SMILES string of the molecule is COc1ccc(Cn2c3ccc(B4OC(C)(C)C(C)(C)O4)cc3c3c(NC4CCC(N5CCOCC5)CC4)ncnc32)cc1. The van der Waals surface area contributed by atoms with Crippen molar-refractivity contribution in [1.29, 1.82) is 0 Å². The first kappa shape index (κ1) is 29.5. The van der Waals surface area contributed by atoms with Gasteiger partial charge in [0.2, 0.25) is 0 Å². The van der Waals surface area contributed by atoms with Gasteiger partial charge in [-0.25, -0.2) is 9.97 Å². The Morgan fingerprint density at radius 3 is 2.32 bits per heavy atom. The number of morpholine rings is 1. The van der Waals surface area contributed by atoms with Crippen LogP contribution in [0.1, 0.15) is 58.9 Å². The van der Waals surface area contributed by atoms with Crippen LogP contribution in [0.2, 0.25) is 0 Å². The topological polar surface area (TPSA) is 82.9 Å². The fourth-order valence-electron chi connectivity index (χ4n) is 6.96. The number of benzene rings is 2. The summed E-state index contributed by atoms with van der Waals surface area (Å²) >= 11 is 0. The van der Waals surface area contributed by atoms with E-state index < -0.39 is 18.3 Å².